The molecule has 3 aliphatic rings. The third-order valence-electron chi connectivity index (χ3n) is 9.63. The number of ether oxygens (including phenoxy) is 5. The second-order valence-corrected chi connectivity index (χ2v) is 13.2. The maximum atomic E-state index is 13.9. The standard InChI is InChI=1S/C36H43NO15/c1-16-31(42)21(37-11-6-5-10-25(50-17(2)39)51-18(3)40)12-26(49-16)52-23-14-36(47,24(41)15-38)13-20-28(23)35(46)30-29(33(20)44)32(43)19-8-7-9-22(48-4)27(19)34(30)45/h7-9,16,21,23,25-26,31,37-38,42,44,46-47H,5-6,10-15H2,1-4H3/t16?,21?,23-,26?,31?,36-/m0/s1. The minimum absolute atomic E-state index is 0.0346. The van der Waals surface area contributed by atoms with Crippen LogP contribution in [0.25, 0.3) is 0 Å². The number of phenolic OH excluding ortho intramolecular Hbond substituents is 2. The molecular formula is C36H43NO15. The lowest BCUT2D eigenvalue weighted by Crippen LogP contribution is -2.54. The zero-order valence-corrected chi connectivity index (χ0v) is 29.2. The molecule has 16 nitrogen and oxygen atoms in total. The number of phenols is 2. The molecule has 0 radical (unpaired) electrons. The third-order valence-corrected chi connectivity index (χ3v) is 9.63. The molecule has 52 heavy (non-hydrogen) atoms. The molecule has 0 bridgehead atoms. The van der Waals surface area contributed by atoms with Crippen LogP contribution in [-0.4, -0.2) is 112 Å². The first-order chi connectivity index (χ1) is 24.6. The van der Waals surface area contributed by atoms with Crippen LogP contribution in [0.15, 0.2) is 18.2 Å². The first-order valence-corrected chi connectivity index (χ1v) is 16.9. The van der Waals surface area contributed by atoms with Gasteiger partial charge in [0.1, 0.15) is 29.5 Å². The van der Waals surface area contributed by atoms with E-state index in [4.69, 9.17) is 23.7 Å². The summed E-state index contributed by atoms with van der Waals surface area (Å²) < 4.78 is 27.5. The summed E-state index contributed by atoms with van der Waals surface area (Å²) in [5.74, 6) is -5.13. The average Bonchev–Trinajstić information content (AvgIpc) is 3.08. The van der Waals surface area contributed by atoms with E-state index in [1.807, 2.05) is 0 Å². The molecule has 6 N–H and O–H groups in total. The minimum atomic E-state index is -2.30. The number of aromatic hydroxyl groups is 2. The van der Waals surface area contributed by atoms with Crippen LogP contribution < -0.4 is 10.1 Å². The van der Waals surface area contributed by atoms with Gasteiger partial charge in [-0.3, -0.25) is 24.0 Å². The molecule has 1 saturated heterocycles. The van der Waals surface area contributed by atoms with Crippen LogP contribution in [-0.2, 0) is 39.8 Å². The van der Waals surface area contributed by atoms with E-state index in [2.05, 4.69) is 5.32 Å². The number of ketones is 3. The lowest BCUT2D eigenvalue weighted by molar-refractivity contribution is -0.249. The number of hydrogen-bond acceptors (Lipinski definition) is 16. The van der Waals surface area contributed by atoms with Gasteiger partial charge in [0.2, 0.25) is 12.1 Å². The SMILES string of the molecule is COc1cccc2c1C(=O)c1c(O)c3c(c(O)c1C2=O)C[C@@](O)(C(=O)CO)C[C@@H]3OC1CC(NCCCCC(OC(C)=O)OC(C)=O)C(O)C(C)O1. The van der Waals surface area contributed by atoms with Gasteiger partial charge in [0.15, 0.2) is 17.9 Å². The van der Waals surface area contributed by atoms with Gasteiger partial charge in [-0.15, -0.1) is 0 Å². The van der Waals surface area contributed by atoms with E-state index >= 15 is 0 Å². The molecule has 282 valence electrons. The van der Waals surface area contributed by atoms with Gasteiger partial charge in [-0.05, 0) is 32.4 Å². The molecule has 1 aliphatic heterocycles. The van der Waals surface area contributed by atoms with Gasteiger partial charge < -0.3 is 54.5 Å². The number of hydrogen-bond donors (Lipinski definition) is 6. The summed E-state index contributed by atoms with van der Waals surface area (Å²) in [5, 5.41) is 58.6. The number of methoxy groups -OCH3 is 1. The Morgan fingerprint density at radius 3 is 2.33 bits per heavy atom. The van der Waals surface area contributed by atoms with Crippen LogP contribution in [0.2, 0.25) is 0 Å². The maximum absolute atomic E-state index is 13.9. The van der Waals surface area contributed by atoms with Crippen molar-refractivity contribution >= 4 is 29.3 Å². The van der Waals surface area contributed by atoms with Crippen LogP contribution in [0.1, 0.15) is 102 Å². The molecule has 1 heterocycles. The van der Waals surface area contributed by atoms with E-state index in [-0.39, 0.29) is 40.8 Å². The number of carbonyl (C=O) groups excluding carboxylic acids is 5. The lowest BCUT2D eigenvalue weighted by atomic mass is 9.72. The van der Waals surface area contributed by atoms with E-state index in [0.717, 1.165) is 0 Å². The van der Waals surface area contributed by atoms with Crippen LogP contribution in [0.5, 0.6) is 17.2 Å². The minimum Gasteiger partial charge on any atom is -0.507 e. The van der Waals surface area contributed by atoms with Crippen LogP contribution in [0.4, 0.5) is 0 Å². The Kier molecular flexibility index (Phi) is 11.7. The van der Waals surface area contributed by atoms with Crippen LogP contribution >= 0.6 is 0 Å². The predicted molar refractivity (Wildman–Crippen MR) is 177 cm³/mol. The van der Waals surface area contributed by atoms with Crippen LogP contribution in [0.3, 0.4) is 0 Å². The largest absolute Gasteiger partial charge is 0.507 e. The molecule has 6 atom stereocenters. The molecule has 0 amide bonds. The quantitative estimate of drug-likeness (QED) is 0.0627. The Labute approximate surface area is 298 Å². The molecule has 0 spiro atoms. The van der Waals surface area contributed by atoms with Gasteiger partial charge >= 0.3 is 11.9 Å². The number of Topliss-reactive ketones (excluding diaryl/α,β-unsaturated/α-hetero) is 1. The molecule has 2 aromatic carbocycles. The summed E-state index contributed by atoms with van der Waals surface area (Å²) in [6.07, 6.45) is -5.15. The van der Waals surface area contributed by atoms with Gasteiger partial charge in [0.05, 0.1) is 42.1 Å². The summed E-state index contributed by atoms with van der Waals surface area (Å²) in [6.45, 7) is 3.34. The zero-order valence-electron chi connectivity index (χ0n) is 29.2. The van der Waals surface area contributed by atoms with Crippen LogP contribution in [0, 0.1) is 0 Å². The second-order valence-electron chi connectivity index (χ2n) is 13.2. The molecule has 16 heteroatoms. The number of nitrogens with one attached hydrogen (secondary N) is 1. The summed E-state index contributed by atoms with van der Waals surface area (Å²) in [6, 6.07) is 3.74. The highest BCUT2D eigenvalue weighted by atomic mass is 16.7. The van der Waals surface area contributed by atoms with E-state index < -0.39 is 114 Å². The van der Waals surface area contributed by atoms with Crippen molar-refractivity contribution in [1.82, 2.24) is 5.32 Å². The van der Waals surface area contributed by atoms with Gasteiger partial charge in [-0.25, -0.2) is 0 Å². The fraction of sp³-hybridized carbons (Fsp3) is 0.528. The zero-order chi connectivity index (χ0) is 38.1. The van der Waals surface area contributed by atoms with Crippen molar-refractivity contribution in [3.8, 4) is 17.2 Å². The van der Waals surface area contributed by atoms with Crippen molar-refractivity contribution < 1.29 is 73.2 Å². The molecule has 2 aliphatic carbocycles. The van der Waals surface area contributed by atoms with Crippen molar-refractivity contribution in [3.05, 3.63) is 51.6 Å². The van der Waals surface area contributed by atoms with E-state index in [1.54, 1.807) is 6.92 Å². The maximum Gasteiger partial charge on any atom is 0.305 e. The number of rotatable bonds is 13. The van der Waals surface area contributed by atoms with E-state index in [0.29, 0.717) is 19.4 Å². The number of esters is 2. The van der Waals surface area contributed by atoms with Gasteiger partial charge in [0, 0.05) is 62.3 Å². The van der Waals surface area contributed by atoms with Gasteiger partial charge in [-0.1, -0.05) is 12.1 Å². The number of aliphatic hydroxyl groups is 3. The highest BCUT2D eigenvalue weighted by molar-refractivity contribution is 6.31. The van der Waals surface area contributed by atoms with Crippen molar-refractivity contribution in [3.63, 3.8) is 0 Å². The second kappa shape index (κ2) is 15.7. The van der Waals surface area contributed by atoms with Crippen molar-refractivity contribution in [2.24, 2.45) is 0 Å². The Balaban J connectivity index is 1.41. The number of aliphatic hydroxyl groups excluding tert-OH is 2. The van der Waals surface area contributed by atoms with Crippen molar-refractivity contribution in [1.29, 1.82) is 0 Å². The predicted octanol–water partition coefficient (Wildman–Crippen LogP) is 1.25. The average molecular weight is 730 g/mol. The highest BCUT2D eigenvalue weighted by Crippen LogP contribution is 2.52. The first-order valence-electron chi connectivity index (χ1n) is 16.9. The summed E-state index contributed by atoms with van der Waals surface area (Å²) in [5.41, 5.74) is -3.87. The monoisotopic (exact) mass is 729 g/mol. The van der Waals surface area contributed by atoms with E-state index in [1.165, 1.54) is 39.2 Å². The fourth-order valence-corrected chi connectivity index (χ4v) is 7.15. The number of fused-ring (bicyclic) bond motifs is 3. The molecule has 2 aromatic rings. The third kappa shape index (κ3) is 7.53. The van der Waals surface area contributed by atoms with Crippen molar-refractivity contribution in [2.75, 3.05) is 20.3 Å². The number of benzene rings is 2. The number of carbonyl (C=O) groups is 5. The molecule has 1 fully saturated rings. The van der Waals surface area contributed by atoms with E-state index in [9.17, 15) is 49.5 Å². The van der Waals surface area contributed by atoms with Gasteiger partial charge in [0.25, 0.3) is 0 Å². The fourth-order valence-electron chi connectivity index (χ4n) is 7.15. The molecule has 0 aromatic heterocycles. The topological polar surface area (TPSA) is 245 Å². The summed E-state index contributed by atoms with van der Waals surface area (Å²) in [7, 11) is 1.31. The lowest BCUT2D eigenvalue weighted by Gasteiger charge is -2.43. The Morgan fingerprint density at radius 1 is 1.02 bits per heavy atom. The Morgan fingerprint density at radius 2 is 1.69 bits per heavy atom. The Hall–Kier alpha value is -4.45. The molecular weight excluding hydrogens is 686 g/mol. The van der Waals surface area contributed by atoms with Crippen molar-refractivity contribution in [2.45, 2.75) is 102 Å². The molecule has 0 saturated carbocycles. The Bertz CT molecular complexity index is 1740. The first kappa shape index (κ1) is 38.8. The molecule has 4 unspecified atom stereocenters. The summed E-state index contributed by atoms with van der Waals surface area (Å²) >= 11 is 0. The van der Waals surface area contributed by atoms with Gasteiger partial charge in [-0.2, -0.15) is 0 Å². The summed E-state index contributed by atoms with van der Waals surface area (Å²) in [4.78, 5) is 63.2. The smallest absolute Gasteiger partial charge is 0.305 e. The number of unbranched alkanes of at least 4 members (excludes halogenated alkanes) is 1. The molecule has 5 rings (SSSR count). The highest BCUT2D eigenvalue weighted by Gasteiger charge is 2.50. The normalized spacial score (nSPS) is 25.2.